The molecule has 1 aliphatic heterocycles. The molecule has 2 unspecified atom stereocenters. The molecule has 21 heavy (non-hydrogen) atoms. The highest BCUT2D eigenvalue weighted by molar-refractivity contribution is 7.12. The Morgan fingerprint density at radius 1 is 1.38 bits per heavy atom. The first-order valence-electron chi connectivity index (χ1n) is 8.31. The van der Waals surface area contributed by atoms with E-state index in [-0.39, 0.29) is 5.60 Å². The van der Waals surface area contributed by atoms with Crippen LogP contribution < -0.4 is 5.32 Å². The highest BCUT2D eigenvalue weighted by atomic mass is 32.1. The highest BCUT2D eigenvalue weighted by Crippen LogP contribution is 2.46. The molecule has 2 aliphatic rings. The van der Waals surface area contributed by atoms with E-state index in [1.807, 2.05) is 11.3 Å². The summed E-state index contributed by atoms with van der Waals surface area (Å²) in [6.45, 7) is 11.1. The molecule has 118 valence electrons. The van der Waals surface area contributed by atoms with Crippen LogP contribution in [0.15, 0.2) is 0 Å². The molecule has 0 saturated carbocycles. The van der Waals surface area contributed by atoms with E-state index in [9.17, 15) is 0 Å². The molecule has 1 aromatic rings. The normalized spacial score (nSPS) is 31.3. The van der Waals surface area contributed by atoms with Gasteiger partial charge in [0.05, 0.1) is 5.69 Å². The minimum absolute atomic E-state index is 0.137. The zero-order valence-electron chi connectivity index (χ0n) is 13.8. The number of fused-ring (bicyclic) bond motifs is 1. The van der Waals surface area contributed by atoms with Crippen molar-refractivity contribution < 1.29 is 4.74 Å². The van der Waals surface area contributed by atoms with E-state index >= 15 is 0 Å². The summed E-state index contributed by atoms with van der Waals surface area (Å²) < 4.78 is 6.00. The van der Waals surface area contributed by atoms with Crippen molar-refractivity contribution in [2.75, 3.05) is 13.2 Å². The number of aromatic nitrogens is 1. The SMILES string of the molecule is CCCNC1CC(C)(C)Cc2nc(C3(C)CCCO3)sc21. The summed E-state index contributed by atoms with van der Waals surface area (Å²) in [5.41, 5.74) is 1.51. The second-order valence-corrected chi connectivity index (χ2v) is 8.60. The molecule has 1 saturated heterocycles. The molecular weight excluding hydrogens is 280 g/mol. The van der Waals surface area contributed by atoms with Crippen LogP contribution in [0.1, 0.15) is 75.0 Å². The Labute approximate surface area is 132 Å². The van der Waals surface area contributed by atoms with Gasteiger partial charge >= 0.3 is 0 Å². The van der Waals surface area contributed by atoms with Crippen molar-refractivity contribution in [3.05, 3.63) is 15.6 Å². The Morgan fingerprint density at radius 3 is 2.86 bits per heavy atom. The van der Waals surface area contributed by atoms with Crippen LogP contribution >= 0.6 is 11.3 Å². The molecule has 1 aromatic heterocycles. The third-order valence-electron chi connectivity index (χ3n) is 4.76. The van der Waals surface area contributed by atoms with Gasteiger partial charge in [0.15, 0.2) is 0 Å². The lowest BCUT2D eigenvalue weighted by Gasteiger charge is -2.34. The van der Waals surface area contributed by atoms with Crippen molar-refractivity contribution in [3.8, 4) is 0 Å². The van der Waals surface area contributed by atoms with Crippen molar-refractivity contribution in [1.29, 1.82) is 0 Å². The minimum atomic E-state index is -0.137. The average Bonchev–Trinajstić information content (AvgIpc) is 3.02. The largest absolute Gasteiger partial charge is 0.368 e. The number of hydrogen-bond acceptors (Lipinski definition) is 4. The smallest absolute Gasteiger partial charge is 0.125 e. The van der Waals surface area contributed by atoms with E-state index in [1.54, 1.807) is 0 Å². The summed E-state index contributed by atoms with van der Waals surface area (Å²) in [4.78, 5) is 6.48. The molecule has 3 nitrogen and oxygen atoms in total. The van der Waals surface area contributed by atoms with Gasteiger partial charge in [-0.1, -0.05) is 20.8 Å². The van der Waals surface area contributed by atoms with Gasteiger partial charge in [0.1, 0.15) is 10.6 Å². The van der Waals surface area contributed by atoms with Crippen LogP contribution in [0.3, 0.4) is 0 Å². The van der Waals surface area contributed by atoms with Gasteiger partial charge in [0, 0.05) is 17.5 Å². The summed E-state index contributed by atoms with van der Waals surface area (Å²) >= 11 is 1.89. The fourth-order valence-electron chi connectivity index (χ4n) is 3.59. The maximum absolute atomic E-state index is 6.00. The lowest BCUT2D eigenvalue weighted by Crippen LogP contribution is -2.33. The minimum Gasteiger partial charge on any atom is -0.368 e. The third kappa shape index (κ3) is 3.03. The maximum atomic E-state index is 6.00. The molecule has 2 heterocycles. The van der Waals surface area contributed by atoms with Crippen LogP contribution in [0.2, 0.25) is 0 Å². The molecule has 0 aromatic carbocycles. The lowest BCUT2D eigenvalue weighted by atomic mass is 9.76. The first kappa shape index (κ1) is 15.4. The van der Waals surface area contributed by atoms with Crippen LogP contribution in [-0.2, 0) is 16.8 Å². The van der Waals surface area contributed by atoms with Gasteiger partial charge in [0.25, 0.3) is 0 Å². The first-order valence-corrected chi connectivity index (χ1v) is 9.13. The summed E-state index contributed by atoms with van der Waals surface area (Å²) in [5, 5.41) is 4.93. The summed E-state index contributed by atoms with van der Waals surface area (Å²) in [6.07, 6.45) is 5.75. The fourth-order valence-corrected chi connectivity index (χ4v) is 4.88. The van der Waals surface area contributed by atoms with Crippen molar-refractivity contribution in [2.24, 2.45) is 5.41 Å². The Bertz CT molecular complexity index is 503. The predicted octanol–water partition coefficient (Wildman–Crippen LogP) is 4.18. The Morgan fingerprint density at radius 2 is 2.19 bits per heavy atom. The summed E-state index contributed by atoms with van der Waals surface area (Å²) in [7, 11) is 0. The zero-order valence-corrected chi connectivity index (χ0v) is 14.6. The second-order valence-electron chi connectivity index (χ2n) is 7.56. The predicted molar refractivity (Wildman–Crippen MR) is 87.8 cm³/mol. The Kier molecular flexibility index (Phi) is 4.15. The molecular formula is C17H28N2OS. The first-order chi connectivity index (χ1) is 9.93. The van der Waals surface area contributed by atoms with Crippen LogP contribution in [0, 0.1) is 5.41 Å². The molecule has 3 rings (SSSR count). The molecule has 0 amide bonds. The molecule has 1 aliphatic carbocycles. The van der Waals surface area contributed by atoms with Gasteiger partial charge in [-0.25, -0.2) is 4.98 Å². The van der Waals surface area contributed by atoms with Gasteiger partial charge in [-0.3, -0.25) is 0 Å². The zero-order chi connectivity index (χ0) is 15.1. The van der Waals surface area contributed by atoms with Crippen LogP contribution in [-0.4, -0.2) is 18.1 Å². The van der Waals surface area contributed by atoms with Crippen molar-refractivity contribution >= 4 is 11.3 Å². The molecule has 1 N–H and O–H groups in total. The van der Waals surface area contributed by atoms with E-state index < -0.39 is 0 Å². The van der Waals surface area contributed by atoms with Gasteiger partial charge in [-0.15, -0.1) is 11.3 Å². The number of rotatable bonds is 4. The molecule has 0 spiro atoms. The number of hydrogen-bond donors (Lipinski definition) is 1. The van der Waals surface area contributed by atoms with Crippen molar-refractivity contribution in [1.82, 2.24) is 10.3 Å². The quantitative estimate of drug-likeness (QED) is 0.906. The van der Waals surface area contributed by atoms with Gasteiger partial charge in [0.2, 0.25) is 0 Å². The van der Waals surface area contributed by atoms with Crippen molar-refractivity contribution in [2.45, 2.75) is 71.4 Å². The monoisotopic (exact) mass is 308 g/mol. The Balaban J connectivity index is 1.91. The van der Waals surface area contributed by atoms with Gasteiger partial charge in [-0.2, -0.15) is 0 Å². The summed E-state index contributed by atoms with van der Waals surface area (Å²) in [6, 6.07) is 0.472. The lowest BCUT2D eigenvalue weighted by molar-refractivity contribution is 0.0165. The summed E-state index contributed by atoms with van der Waals surface area (Å²) in [5.74, 6) is 0. The van der Waals surface area contributed by atoms with Gasteiger partial charge in [-0.05, 0) is 51.0 Å². The number of nitrogens with one attached hydrogen (secondary N) is 1. The standard InChI is InChI=1S/C17H28N2OS/c1-5-8-18-12-10-16(2,3)11-13-14(12)21-15(19-13)17(4)7-6-9-20-17/h12,18H,5-11H2,1-4H3. The number of thiazole rings is 1. The molecule has 0 bridgehead atoms. The highest BCUT2D eigenvalue weighted by Gasteiger charge is 2.40. The molecule has 4 heteroatoms. The Hall–Kier alpha value is -0.450. The van der Waals surface area contributed by atoms with E-state index in [0.717, 1.165) is 32.4 Å². The van der Waals surface area contributed by atoms with E-state index in [0.29, 0.717) is 11.5 Å². The molecule has 1 fully saturated rings. The average molecular weight is 308 g/mol. The molecule has 0 radical (unpaired) electrons. The number of ether oxygens (including phenoxy) is 1. The second kappa shape index (κ2) is 5.64. The van der Waals surface area contributed by atoms with Crippen LogP contribution in [0.25, 0.3) is 0 Å². The van der Waals surface area contributed by atoms with E-state index in [1.165, 1.54) is 28.4 Å². The third-order valence-corrected chi connectivity index (χ3v) is 6.22. The topological polar surface area (TPSA) is 34.2 Å². The fraction of sp³-hybridized carbons (Fsp3) is 0.824. The van der Waals surface area contributed by atoms with Crippen LogP contribution in [0.4, 0.5) is 0 Å². The van der Waals surface area contributed by atoms with Crippen molar-refractivity contribution in [3.63, 3.8) is 0 Å². The van der Waals surface area contributed by atoms with Crippen LogP contribution in [0.5, 0.6) is 0 Å². The van der Waals surface area contributed by atoms with E-state index in [4.69, 9.17) is 9.72 Å². The van der Waals surface area contributed by atoms with E-state index in [2.05, 4.69) is 33.0 Å². The number of nitrogens with zero attached hydrogens (tertiary/aromatic N) is 1. The maximum Gasteiger partial charge on any atom is 0.125 e. The van der Waals surface area contributed by atoms with Gasteiger partial charge < -0.3 is 10.1 Å². The molecule has 2 atom stereocenters.